The van der Waals surface area contributed by atoms with Gasteiger partial charge in [-0.2, -0.15) is 0 Å². The Morgan fingerprint density at radius 2 is 1.91 bits per heavy atom. The lowest BCUT2D eigenvalue weighted by Gasteiger charge is -2.10. The second-order valence-corrected chi connectivity index (χ2v) is 4.67. The van der Waals surface area contributed by atoms with Gasteiger partial charge in [-0.25, -0.2) is 0 Å². The summed E-state index contributed by atoms with van der Waals surface area (Å²) in [6, 6.07) is 13.8. The Balaban J connectivity index is 1.94. The highest BCUT2D eigenvalue weighted by Crippen LogP contribution is 2.28. The van der Waals surface area contributed by atoms with Crippen molar-refractivity contribution in [3.63, 3.8) is 0 Å². The molecule has 0 radical (unpaired) electrons. The van der Waals surface area contributed by atoms with Crippen LogP contribution in [0.15, 0.2) is 54.7 Å². The Morgan fingerprint density at radius 1 is 1.14 bits per heavy atom. The highest BCUT2D eigenvalue weighted by Gasteiger charge is 2.06. The fraction of sp³-hybridized carbons (Fsp3) is 0.0625. The average Bonchev–Trinajstić information content (AvgIpc) is 2.55. The third-order valence-electron chi connectivity index (χ3n) is 3.31. The number of hydrogen-bond acceptors (Lipinski definition) is 5. The normalized spacial score (nSPS) is 10.4. The second-order valence-electron chi connectivity index (χ2n) is 4.67. The molecule has 0 unspecified atom stereocenters. The molecular weight excluding hydrogens is 282 g/mol. The summed E-state index contributed by atoms with van der Waals surface area (Å²) in [7, 11) is 1.61. The lowest BCUT2D eigenvalue weighted by Crippen LogP contribution is -1.94. The highest BCUT2D eigenvalue weighted by atomic mass is 16.6. The van der Waals surface area contributed by atoms with E-state index in [-0.39, 0.29) is 5.69 Å². The monoisotopic (exact) mass is 295 g/mol. The van der Waals surface area contributed by atoms with E-state index in [1.54, 1.807) is 25.4 Å². The molecule has 0 aliphatic rings. The SMILES string of the molecule is COc1ccc2c(Nc3ccc([N+](=O)[O-])cc3)ccnc2c1. The fourth-order valence-electron chi connectivity index (χ4n) is 2.19. The number of methoxy groups -OCH3 is 1. The third-order valence-corrected chi connectivity index (χ3v) is 3.31. The van der Waals surface area contributed by atoms with Crippen molar-refractivity contribution in [3.05, 3.63) is 64.8 Å². The molecule has 1 heterocycles. The molecule has 0 saturated heterocycles. The fourth-order valence-corrected chi connectivity index (χ4v) is 2.19. The molecule has 0 aliphatic carbocycles. The van der Waals surface area contributed by atoms with Crippen LogP contribution in [0.5, 0.6) is 5.75 Å². The Kier molecular flexibility index (Phi) is 3.57. The van der Waals surface area contributed by atoms with E-state index in [0.717, 1.165) is 28.0 Å². The number of nitrogens with one attached hydrogen (secondary N) is 1. The summed E-state index contributed by atoms with van der Waals surface area (Å²) in [5.74, 6) is 0.743. The number of pyridine rings is 1. The van der Waals surface area contributed by atoms with Crippen LogP contribution in [0.2, 0.25) is 0 Å². The zero-order valence-corrected chi connectivity index (χ0v) is 11.8. The van der Waals surface area contributed by atoms with Crippen LogP contribution in [0, 0.1) is 10.1 Å². The van der Waals surface area contributed by atoms with Crippen molar-refractivity contribution in [1.29, 1.82) is 0 Å². The van der Waals surface area contributed by atoms with Crippen LogP contribution in [-0.4, -0.2) is 17.0 Å². The predicted molar refractivity (Wildman–Crippen MR) is 84.7 cm³/mol. The zero-order valence-electron chi connectivity index (χ0n) is 11.8. The number of rotatable bonds is 4. The van der Waals surface area contributed by atoms with Gasteiger partial charge in [0.2, 0.25) is 0 Å². The Labute approximate surface area is 126 Å². The number of nitro groups is 1. The van der Waals surface area contributed by atoms with Gasteiger partial charge in [0.15, 0.2) is 0 Å². The van der Waals surface area contributed by atoms with Gasteiger partial charge in [-0.05, 0) is 30.3 Å². The van der Waals surface area contributed by atoms with Gasteiger partial charge < -0.3 is 10.1 Å². The van der Waals surface area contributed by atoms with Crippen molar-refractivity contribution in [1.82, 2.24) is 4.98 Å². The smallest absolute Gasteiger partial charge is 0.269 e. The first-order valence-corrected chi connectivity index (χ1v) is 6.61. The van der Waals surface area contributed by atoms with Crippen LogP contribution in [-0.2, 0) is 0 Å². The number of hydrogen-bond donors (Lipinski definition) is 1. The van der Waals surface area contributed by atoms with Gasteiger partial charge >= 0.3 is 0 Å². The molecule has 0 saturated carbocycles. The van der Waals surface area contributed by atoms with Gasteiger partial charge in [0, 0.05) is 41.2 Å². The molecule has 1 N–H and O–H groups in total. The van der Waals surface area contributed by atoms with E-state index in [0.29, 0.717) is 0 Å². The average molecular weight is 295 g/mol. The van der Waals surface area contributed by atoms with Crippen molar-refractivity contribution < 1.29 is 9.66 Å². The van der Waals surface area contributed by atoms with E-state index in [1.165, 1.54) is 12.1 Å². The molecule has 3 rings (SSSR count). The number of fused-ring (bicyclic) bond motifs is 1. The molecule has 6 heteroatoms. The summed E-state index contributed by atoms with van der Waals surface area (Å²) >= 11 is 0. The Bertz CT molecular complexity index is 832. The van der Waals surface area contributed by atoms with Crippen LogP contribution in [0.4, 0.5) is 17.1 Å². The molecule has 2 aromatic carbocycles. The van der Waals surface area contributed by atoms with Crippen LogP contribution >= 0.6 is 0 Å². The molecule has 3 aromatic rings. The van der Waals surface area contributed by atoms with Crippen LogP contribution in [0.3, 0.4) is 0 Å². The van der Waals surface area contributed by atoms with Crippen molar-refractivity contribution in [3.8, 4) is 5.75 Å². The van der Waals surface area contributed by atoms with Crippen molar-refractivity contribution in [2.45, 2.75) is 0 Å². The van der Waals surface area contributed by atoms with E-state index in [4.69, 9.17) is 4.74 Å². The highest BCUT2D eigenvalue weighted by molar-refractivity contribution is 5.93. The standard InChI is InChI=1S/C16H13N3O3/c1-22-13-6-7-14-15(8-9-17-16(14)10-13)18-11-2-4-12(5-3-11)19(20)21/h2-10H,1H3,(H,17,18). The number of ether oxygens (including phenoxy) is 1. The summed E-state index contributed by atoms with van der Waals surface area (Å²) in [6.45, 7) is 0. The topological polar surface area (TPSA) is 77.3 Å². The minimum Gasteiger partial charge on any atom is -0.497 e. The van der Waals surface area contributed by atoms with Gasteiger partial charge in [-0.1, -0.05) is 0 Å². The molecule has 1 aromatic heterocycles. The van der Waals surface area contributed by atoms with E-state index in [9.17, 15) is 10.1 Å². The predicted octanol–water partition coefficient (Wildman–Crippen LogP) is 3.90. The van der Waals surface area contributed by atoms with E-state index in [2.05, 4.69) is 10.3 Å². The molecular formula is C16H13N3O3. The molecule has 6 nitrogen and oxygen atoms in total. The Hall–Kier alpha value is -3.15. The largest absolute Gasteiger partial charge is 0.497 e. The molecule has 0 atom stereocenters. The van der Waals surface area contributed by atoms with Gasteiger partial charge in [0.1, 0.15) is 5.75 Å². The molecule has 0 amide bonds. The quantitative estimate of drug-likeness (QED) is 0.583. The Morgan fingerprint density at radius 3 is 2.59 bits per heavy atom. The van der Waals surface area contributed by atoms with E-state index in [1.807, 2.05) is 24.3 Å². The molecule has 0 bridgehead atoms. The van der Waals surface area contributed by atoms with E-state index < -0.39 is 4.92 Å². The van der Waals surface area contributed by atoms with Crippen LogP contribution in [0.25, 0.3) is 10.9 Å². The second kappa shape index (κ2) is 5.69. The summed E-state index contributed by atoms with van der Waals surface area (Å²) in [5, 5.41) is 14.9. The van der Waals surface area contributed by atoms with Crippen molar-refractivity contribution >= 4 is 28.0 Å². The minimum absolute atomic E-state index is 0.0647. The summed E-state index contributed by atoms with van der Waals surface area (Å²) < 4.78 is 5.19. The number of nitro benzene ring substituents is 1. The molecule has 0 spiro atoms. The van der Waals surface area contributed by atoms with Crippen LogP contribution in [0.1, 0.15) is 0 Å². The number of anilines is 2. The maximum absolute atomic E-state index is 10.7. The van der Waals surface area contributed by atoms with Gasteiger partial charge in [0.25, 0.3) is 5.69 Å². The molecule has 110 valence electrons. The van der Waals surface area contributed by atoms with Crippen molar-refractivity contribution in [2.75, 3.05) is 12.4 Å². The summed E-state index contributed by atoms with van der Waals surface area (Å²) in [6.07, 6.45) is 1.70. The summed E-state index contributed by atoms with van der Waals surface area (Å²) in [5.41, 5.74) is 2.52. The third kappa shape index (κ3) is 2.67. The molecule has 0 aliphatic heterocycles. The van der Waals surface area contributed by atoms with Gasteiger partial charge in [-0.3, -0.25) is 15.1 Å². The zero-order chi connectivity index (χ0) is 15.5. The maximum atomic E-state index is 10.7. The van der Waals surface area contributed by atoms with E-state index >= 15 is 0 Å². The van der Waals surface area contributed by atoms with Crippen molar-refractivity contribution in [2.24, 2.45) is 0 Å². The lowest BCUT2D eigenvalue weighted by molar-refractivity contribution is -0.384. The number of aromatic nitrogens is 1. The minimum atomic E-state index is -0.419. The maximum Gasteiger partial charge on any atom is 0.269 e. The number of nitrogens with zero attached hydrogens (tertiary/aromatic N) is 2. The van der Waals surface area contributed by atoms with Gasteiger partial charge in [-0.15, -0.1) is 0 Å². The first-order valence-electron chi connectivity index (χ1n) is 6.61. The molecule has 0 fully saturated rings. The lowest BCUT2D eigenvalue weighted by atomic mass is 10.1. The number of non-ortho nitro benzene ring substituents is 1. The first kappa shape index (κ1) is 13.8. The van der Waals surface area contributed by atoms with Crippen LogP contribution < -0.4 is 10.1 Å². The number of benzene rings is 2. The first-order chi connectivity index (χ1) is 10.7. The molecule has 22 heavy (non-hydrogen) atoms. The summed E-state index contributed by atoms with van der Waals surface area (Å²) in [4.78, 5) is 14.6. The van der Waals surface area contributed by atoms with Gasteiger partial charge in [0.05, 0.1) is 17.5 Å².